The number of carbonyl (C=O) groups is 1. The van der Waals surface area contributed by atoms with Gasteiger partial charge < -0.3 is 20.4 Å². The molecular weight excluding hydrogens is 330 g/mol. The number of hydrogen-bond donors (Lipinski definition) is 3. The molecule has 1 atom stereocenters. The minimum atomic E-state index is -0.0439. The highest BCUT2D eigenvalue weighted by atomic mass is 16.5. The van der Waals surface area contributed by atoms with Crippen molar-refractivity contribution in [3.63, 3.8) is 0 Å². The molecule has 0 saturated carbocycles. The monoisotopic (exact) mass is 357 g/mol. The van der Waals surface area contributed by atoms with Gasteiger partial charge in [-0.15, -0.1) is 0 Å². The van der Waals surface area contributed by atoms with Gasteiger partial charge in [0.05, 0.1) is 30.7 Å². The lowest BCUT2D eigenvalue weighted by Gasteiger charge is -2.33. The Balaban J connectivity index is 1.39. The zero-order valence-electron chi connectivity index (χ0n) is 15.5. The smallest absolute Gasteiger partial charge is 0.237 e. The summed E-state index contributed by atoms with van der Waals surface area (Å²) in [6, 6.07) is 5.68. The lowest BCUT2D eigenvalue weighted by molar-refractivity contribution is -0.125. The van der Waals surface area contributed by atoms with E-state index in [0.717, 1.165) is 61.5 Å². The quantitative estimate of drug-likeness (QED) is 0.767. The van der Waals surface area contributed by atoms with E-state index in [2.05, 4.69) is 32.5 Å². The molecule has 7 nitrogen and oxygen atoms in total. The summed E-state index contributed by atoms with van der Waals surface area (Å²) in [7, 11) is 3.71. The molecule has 2 fully saturated rings. The molecule has 1 amide bonds. The minimum absolute atomic E-state index is 0.0439. The van der Waals surface area contributed by atoms with Crippen molar-refractivity contribution in [3.05, 3.63) is 24.0 Å². The normalized spacial score (nSPS) is 22.8. The van der Waals surface area contributed by atoms with Gasteiger partial charge in [0.25, 0.3) is 0 Å². The Labute approximate surface area is 153 Å². The molecule has 7 heteroatoms. The van der Waals surface area contributed by atoms with Crippen LogP contribution in [0.3, 0.4) is 0 Å². The number of aromatic nitrogens is 2. The fourth-order valence-corrected chi connectivity index (χ4v) is 4.42. The van der Waals surface area contributed by atoms with Crippen LogP contribution in [0.5, 0.6) is 5.75 Å². The molecule has 0 unspecified atom stereocenters. The van der Waals surface area contributed by atoms with Crippen LogP contribution in [0, 0.1) is 5.41 Å². The zero-order chi connectivity index (χ0) is 18.1. The summed E-state index contributed by atoms with van der Waals surface area (Å²) in [5.41, 5.74) is 2.10. The molecule has 0 radical (unpaired) electrons. The largest absolute Gasteiger partial charge is 0.497 e. The predicted molar refractivity (Wildman–Crippen MR) is 100 cm³/mol. The first-order valence-electron chi connectivity index (χ1n) is 9.30. The van der Waals surface area contributed by atoms with Crippen molar-refractivity contribution in [1.29, 1.82) is 0 Å². The third-order valence-corrected chi connectivity index (χ3v) is 5.88. The maximum atomic E-state index is 12.7. The van der Waals surface area contributed by atoms with Crippen LogP contribution in [0.1, 0.15) is 25.1 Å². The molecule has 1 spiro atoms. The van der Waals surface area contributed by atoms with Gasteiger partial charge in [0.2, 0.25) is 5.91 Å². The van der Waals surface area contributed by atoms with Crippen LogP contribution in [0.15, 0.2) is 18.2 Å². The van der Waals surface area contributed by atoms with E-state index in [1.54, 1.807) is 7.11 Å². The topological polar surface area (TPSA) is 82.3 Å². The molecule has 2 aliphatic heterocycles. The van der Waals surface area contributed by atoms with Crippen LogP contribution in [0.25, 0.3) is 11.0 Å². The van der Waals surface area contributed by atoms with E-state index in [1.807, 2.05) is 18.2 Å². The first kappa shape index (κ1) is 17.3. The molecule has 26 heavy (non-hydrogen) atoms. The van der Waals surface area contributed by atoms with Crippen LogP contribution in [-0.2, 0) is 11.3 Å². The molecule has 3 N–H and O–H groups in total. The molecule has 140 valence electrons. The number of methoxy groups -OCH3 is 1. The van der Waals surface area contributed by atoms with E-state index in [4.69, 9.17) is 4.74 Å². The number of likely N-dealkylation sites (tertiary alicyclic amines) is 1. The van der Waals surface area contributed by atoms with Gasteiger partial charge >= 0.3 is 0 Å². The molecule has 1 aromatic carbocycles. The van der Waals surface area contributed by atoms with Gasteiger partial charge in [0.1, 0.15) is 11.6 Å². The number of ether oxygens (including phenoxy) is 1. The summed E-state index contributed by atoms with van der Waals surface area (Å²) < 4.78 is 5.24. The summed E-state index contributed by atoms with van der Waals surface area (Å²) >= 11 is 0. The second-order valence-electron chi connectivity index (χ2n) is 7.67. The Hall–Kier alpha value is -2.12. The second kappa shape index (κ2) is 6.89. The number of nitrogens with one attached hydrogen (secondary N) is 3. The number of benzene rings is 1. The number of H-pyrrole nitrogens is 1. The van der Waals surface area contributed by atoms with Gasteiger partial charge in [0.15, 0.2) is 0 Å². The number of rotatable bonds is 4. The fourth-order valence-electron chi connectivity index (χ4n) is 4.42. The summed E-state index contributed by atoms with van der Waals surface area (Å²) in [4.78, 5) is 22.8. The predicted octanol–water partition coefficient (Wildman–Crippen LogP) is 1.26. The standard InChI is InChI=1S/C19H27N5O2/c1-24-12-19(5-7-20-8-6-19)10-16(24)18(25)21-11-17-22-14-4-3-13(26-2)9-15(14)23-17/h3-4,9,16,20H,5-8,10-12H2,1-2H3,(H,21,25)(H,22,23)/t16-/m1/s1. The van der Waals surface area contributed by atoms with Gasteiger partial charge in [-0.25, -0.2) is 4.98 Å². The van der Waals surface area contributed by atoms with Crippen LogP contribution >= 0.6 is 0 Å². The third-order valence-electron chi connectivity index (χ3n) is 5.88. The van der Waals surface area contributed by atoms with E-state index in [0.29, 0.717) is 12.0 Å². The average Bonchev–Trinajstić information content (AvgIpc) is 3.20. The van der Waals surface area contributed by atoms with Crippen molar-refractivity contribution in [1.82, 2.24) is 25.5 Å². The Morgan fingerprint density at radius 1 is 1.42 bits per heavy atom. The first-order valence-corrected chi connectivity index (χ1v) is 9.30. The Bertz CT molecular complexity index is 796. The average molecular weight is 357 g/mol. The van der Waals surface area contributed by atoms with E-state index in [9.17, 15) is 4.79 Å². The maximum Gasteiger partial charge on any atom is 0.237 e. The number of nitrogens with zero attached hydrogens (tertiary/aromatic N) is 2. The van der Waals surface area contributed by atoms with Gasteiger partial charge in [-0.1, -0.05) is 0 Å². The third kappa shape index (κ3) is 3.29. The highest BCUT2D eigenvalue weighted by molar-refractivity contribution is 5.82. The molecule has 2 aliphatic rings. The molecule has 0 bridgehead atoms. The van der Waals surface area contributed by atoms with Crippen LogP contribution in [0.4, 0.5) is 0 Å². The van der Waals surface area contributed by atoms with E-state index < -0.39 is 0 Å². The van der Waals surface area contributed by atoms with E-state index in [1.165, 1.54) is 0 Å². The number of likely N-dealkylation sites (N-methyl/N-ethyl adjacent to an activating group) is 1. The highest BCUT2D eigenvalue weighted by Crippen LogP contribution is 2.41. The van der Waals surface area contributed by atoms with Crippen LogP contribution in [-0.4, -0.2) is 60.6 Å². The number of aromatic amines is 1. The number of carbonyl (C=O) groups excluding carboxylic acids is 1. The molecule has 2 saturated heterocycles. The maximum absolute atomic E-state index is 12.7. The molecule has 1 aromatic heterocycles. The Morgan fingerprint density at radius 2 is 2.23 bits per heavy atom. The lowest BCUT2D eigenvalue weighted by atomic mass is 9.77. The summed E-state index contributed by atoms with van der Waals surface area (Å²) in [5, 5.41) is 6.48. The minimum Gasteiger partial charge on any atom is -0.497 e. The molecular formula is C19H27N5O2. The Morgan fingerprint density at radius 3 is 3.00 bits per heavy atom. The van der Waals surface area contributed by atoms with Crippen molar-refractivity contribution < 1.29 is 9.53 Å². The summed E-state index contributed by atoms with van der Waals surface area (Å²) in [6.45, 7) is 3.54. The van der Waals surface area contributed by atoms with Gasteiger partial charge in [0, 0.05) is 12.6 Å². The number of imidazole rings is 1. The van der Waals surface area contributed by atoms with Crippen molar-refractivity contribution in [2.24, 2.45) is 5.41 Å². The van der Waals surface area contributed by atoms with Gasteiger partial charge in [-0.05, 0) is 56.9 Å². The first-order chi connectivity index (χ1) is 12.6. The zero-order valence-corrected chi connectivity index (χ0v) is 15.5. The molecule has 2 aromatic rings. The van der Waals surface area contributed by atoms with Crippen LogP contribution < -0.4 is 15.4 Å². The summed E-state index contributed by atoms with van der Waals surface area (Å²) in [6.07, 6.45) is 3.27. The SMILES string of the molecule is COc1ccc2nc(CNC(=O)[C@H]3CC4(CCNCC4)CN3C)[nH]c2c1. The molecule has 3 heterocycles. The van der Waals surface area contributed by atoms with Crippen molar-refractivity contribution >= 4 is 16.9 Å². The second-order valence-corrected chi connectivity index (χ2v) is 7.67. The van der Waals surface area contributed by atoms with E-state index in [-0.39, 0.29) is 11.9 Å². The fraction of sp³-hybridized carbons (Fsp3) is 0.579. The van der Waals surface area contributed by atoms with E-state index >= 15 is 0 Å². The van der Waals surface area contributed by atoms with Crippen molar-refractivity contribution in [3.8, 4) is 5.75 Å². The van der Waals surface area contributed by atoms with Crippen molar-refractivity contribution in [2.75, 3.05) is 33.8 Å². The lowest BCUT2D eigenvalue weighted by Crippen LogP contribution is -2.41. The van der Waals surface area contributed by atoms with Crippen molar-refractivity contribution in [2.45, 2.75) is 31.8 Å². The Kier molecular flexibility index (Phi) is 4.58. The number of amides is 1. The number of fused-ring (bicyclic) bond motifs is 1. The molecule has 4 rings (SSSR count). The van der Waals surface area contributed by atoms with Gasteiger partial charge in [-0.3, -0.25) is 9.69 Å². The number of piperidine rings is 1. The highest BCUT2D eigenvalue weighted by Gasteiger charge is 2.45. The number of hydrogen-bond acceptors (Lipinski definition) is 5. The van der Waals surface area contributed by atoms with Gasteiger partial charge in [-0.2, -0.15) is 0 Å². The summed E-state index contributed by atoms with van der Waals surface area (Å²) in [5.74, 6) is 1.65. The molecule has 0 aliphatic carbocycles. The van der Waals surface area contributed by atoms with Crippen LogP contribution in [0.2, 0.25) is 0 Å².